The molecule has 2 rings (SSSR count). The van der Waals surface area contributed by atoms with Crippen LogP contribution in [0.1, 0.15) is 30.1 Å². The van der Waals surface area contributed by atoms with Crippen LogP contribution in [0.15, 0.2) is 18.2 Å². The highest BCUT2D eigenvalue weighted by Crippen LogP contribution is 2.33. The van der Waals surface area contributed by atoms with Crippen LogP contribution in [0.2, 0.25) is 0 Å². The lowest BCUT2D eigenvalue weighted by molar-refractivity contribution is -0.174. The van der Waals surface area contributed by atoms with E-state index < -0.39 is 18.9 Å². The van der Waals surface area contributed by atoms with E-state index in [0.29, 0.717) is 18.8 Å². The Labute approximate surface area is 115 Å². The zero-order chi connectivity index (χ0) is 14.6. The third-order valence-corrected chi connectivity index (χ3v) is 3.13. The van der Waals surface area contributed by atoms with E-state index in [-0.39, 0.29) is 6.61 Å². The second-order valence-electron chi connectivity index (χ2n) is 4.78. The number of alkyl halides is 3. The van der Waals surface area contributed by atoms with Gasteiger partial charge in [0.25, 0.3) is 0 Å². The Hall–Kier alpha value is -1.27. The fourth-order valence-corrected chi connectivity index (χ4v) is 2.20. The summed E-state index contributed by atoms with van der Waals surface area (Å²) in [5.41, 5.74) is 2.01. The van der Waals surface area contributed by atoms with Crippen molar-refractivity contribution in [2.75, 3.05) is 19.8 Å². The smallest absolute Gasteiger partial charge is 0.411 e. The summed E-state index contributed by atoms with van der Waals surface area (Å²) in [5, 5.41) is 9.66. The maximum atomic E-state index is 11.8. The number of hydrogen-bond donors (Lipinski definition) is 1. The third-order valence-electron chi connectivity index (χ3n) is 3.13. The van der Waals surface area contributed by atoms with Crippen LogP contribution < -0.4 is 4.74 Å². The first-order chi connectivity index (χ1) is 9.46. The van der Waals surface area contributed by atoms with Crippen LogP contribution in [0, 0.1) is 0 Å². The summed E-state index contributed by atoms with van der Waals surface area (Å²) in [5.74, 6) is 0.675. The molecular formula is C14H17F3O3. The molecule has 0 aliphatic heterocycles. The van der Waals surface area contributed by atoms with Gasteiger partial charge < -0.3 is 14.6 Å². The second kappa shape index (κ2) is 6.45. The number of benzene rings is 1. The number of halogens is 3. The van der Waals surface area contributed by atoms with Crippen molar-refractivity contribution in [3.63, 3.8) is 0 Å². The molecule has 0 amide bonds. The maximum Gasteiger partial charge on any atom is 0.411 e. The van der Waals surface area contributed by atoms with Crippen LogP contribution in [0.25, 0.3) is 0 Å². The van der Waals surface area contributed by atoms with E-state index in [0.717, 1.165) is 24.0 Å². The third kappa shape index (κ3) is 4.38. The van der Waals surface area contributed by atoms with Gasteiger partial charge in [0.2, 0.25) is 0 Å². The van der Waals surface area contributed by atoms with Crippen molar-refractivity contribution in [3.8, 4) is 5.75 Å². The average Bonchev–Trinajstić information content (AvgIpc) is 2.74. The molecule has 0 radical (unpaired) electrons. The number of aryl methyl sites for hydroxylation is 1. The van der Waals surface area contributed by atoms with E-state index in [1.54, 1.807) is 6.07 Å². The first kappa shape index (κ1) is 15.1. The van der Waals surface area contributed by atoms with E-state index in [1.807, 2.05) is 12.1 Å². The topological polar surface area (TPSA) is 38.7 Å². The van der Waals surface area contributed by atoms with Gasteiger partial charge in [-0.2, -0.15) is 13.2 Å². The highest BCUT2D eigenvalue weighted by Gasteiger charge is 2.27. The van der Waals surface area contributed by atoms with Gasteiger partial charge in [0, 0.05) is 6.42 Å². The van der Waals surface area contributed by atoms with Crippen LogP contribution in [0.4, 0.5) is 13.2 Å². The zero-order valence-electron chi connectivity index (χ0n) is 10.9. The molecule has 0 aromatic heterocycles. The molecule has 1 N–H and O–H groups in total. The minimum absolute atomic E-state index is 0.0170. The molecule has 3 nitrogen and oxygen atoms in total. The molecule has 112 valence electrons. The van der Waals surface area contributed by atoms with Gasteiger partial charge in [0.05, 0.1) is 19.3 Å². The first-order valence-corrected chi connectivity index (χ1v) is 6.54. The standard InChI is InChI=1S/C14H17F3O3/c15-14(16,17)9-19-6-1-7-20-11-3-4-12-10(8-11)2-5-13(12)18/h3-4,8,13,18H,1-2,5-7,9H2/t13-/m0/s1. The molecule has 0 saturated carbocycles. The molecule has 0 unspecified atom stereocenters. The van der Waals surface area contributed by atoms with Crippen LogP contribution in [-0.4, -0.2) is 31.1 Å². The van der Waals surface area contributed by atoms with E-state index in [4.69, 9.17) is 4.74 Å². The summed E-state index contributed by atoms with van der Waals surface area (Å²) in [4.78, 5) is 0. The van der Waals surface area contributed by atoms with Gasteiger partial charge in [-0.25, -0.2) is 0 Å². The van der Waals surface area contributed by atoms with Crippen molar-refractivity contribution in [1.29, 1.82) is 0 Å². The zero-order valence-corrected chi connectivity index (χ0v) is 10.9. The Balaban J connectivity index is 1.68. The normalized spacial score (nSPS) is 18.1. The molecule has 20 heavy (non-hydrogen) atoms. The number of aliphatic hydroxyl groups is 1. The Kier molecular flexibility index (Phi) is 4.88. The first-order valence-electron chi connectivity index (χ1n) is 6.54. The van der Waals surface area contributed by atoms with E-state index in [9.17, 15) is 18.3 Å². The summed E-state index contributed by atoms with van der Waals surface area (Å²) in [6, 6.07) is 5.48. The molecule has 0 bridgehead atoms. The summed E-state index contributed by atoms with van der Waals surface area (Å²) >= 11 is 0. The van der Waals surface area contributed by atoms with E-state index in [1.165, 1.54) is 0 Å². The van der Waals surface area contributed by atoms with Crippen molar-refractivity contribution in [2.24, 2.45) is 0 Å². The molecule has 0 heterocycles. The Morgan fingerprint density at radius 1 is 1.25 bits per heavy atom. The molecule has 1 aromatic carbocycles. The summed E-state index contributed by atoms with van der Waals surface area (Å²) in [7, 11) is 0. The monoisotopic (exact) mass is 290 g/mol. The highest BCUT2D eigenvalue weighted by molar-refractivity contribution is 5.39. The average molecular weight is 290 g/mol. The molecule has 1 aromatic rings. The summed E-state index contributed by atoms with van der Waals surface area (Å²) in [6.07, 6.45) is -2.72. The molecule has 1 atom stereocenters. The minimum atomic E-state index is -4.28. The number of ether oxygens (including phenoxy) is 2. The lowest BCUT2D eigenvalue weighted by Crippen LogP contribution is -2.18. The number of aliphatic hydroxyl groups excluding tert-OH is 1. The van der Waals surface area contributed by atoms with Gasteiger partial charge in [-0.1, -0.05) is 6.07 Å². The predicted octanol–water partition coefficient (Wildman–Crippen LogP) is 3.01. The predicted molar refractivity (Wildman–Crippen MR) is 66.7 cm³/mol. The molecule has 6 heteroatoms. The molecule has 0 spiro atoms. The van der Waals surface area contributed by atoms with Crippen LogP contribution in [0.5, 0.6) is 5.75 Å². The van der Waals surface area contributed by atoms with Gasteiger partial charge in [-0.3, -0.25) is 0 Å². The van der Waals surface area contributed by atoms with Gasteiger partial charge in [-0.05, 0) is 36.1 Å². The number of hydrogen-bond acceptors (Lipinski definition) is 3. The maximum absolute atomic E-state index is 11.8. The largest absolute Gasteiger partial charge is 0.493 e. The Morgan fingerprint density at radius 3 is 2.80 bits per heavy atom. The van der Waals surface area contributed by atoms with Crippen molar-refractivity contribution in [1.82, 2.24) is 0 Å². The van der Waals surface area contributed by atoms with Gasteiger partial charge in [0.1, 0.15) is 12.4 Å². The number of fused-ring (bicyclic) bond motifs is 1. The van der Waals surface area contributed by atoms with Crippen molar-refractivity contribution in [2.45, 2.75) is 31.5 Å². The van der Waals surface area contributed by atoms with Gasteiger partial charge in [0.15, 0.2) is 0 Å². The minimum Gasteiger partial charge on any atom is -0.493 e. The quantitative estimate of drug-likeness (QED) is 0.819. The Morgan fingerprint density at radius 2 is 2.05 bits per heavy atom. The van der Waals surface area contributed by atoms with E-state index >= 15 is 0 Å². The van der Waals surface area contributed by atoms with Crippen molar-refractivity contribution < 1.29 is 27.8 Å². The highest BCUT2D eigenvalue weighted by atomic mass is 19.4. The van der Waals surface area contributed by atoms with Crippen LogP contribution >= 0.6 is 0 Å². The SMILES string of the molecule is O[C@H]1CCc2cc(OCCCOCC(F)(F)F)ccc21. The molecule has 0 fully saturated rings. The lowest BCUT2D eigenvalue weighted by atomic mass is 10.1. The summed E-state index contributed by atoms with van der Waals surface area (Å²) in [6.45, 7) is -0.897. The second-order valence-corrected chi connectivity index (χ2v) is 4.78. The summed E-state index contributed by atoms with van der Waals surface area (Å²) < 4.78 is 45.4. The van der Waals surface area contributed by atoms with Crippen LogP contribution in [0.3, 0.4) is 0 Å². The van der Waals surface area contributed by atoms with Crippen molar-refractivity contribution >= 4 is 0 Å². The molecule has 0 saturated heterocycles. The fourth-order valence-electron chi connectivity index (χ4n) is 2.20. The molecule has 1 aliphatic carbocycles. The van der Waals surface area contributed by atoms with Crippen LogP contribution in [-0.2, 0) is 11.2 Å². The molecular weight excluding hydrogens is 273 g/mol. The number of rotatable bonds is 6. The fraction of sp³-hybridized carbons (Fsp3) is 0.571. The van der Waals surface area contributed by atoms with Gasteiger partial charge in [-0.15, -0.1) is 0 Å². The Bertz CT molecular complexity index is 446. The van der Waals surface area contributed by atoms with Gasteiger partial charge >= 0.3 is 6.18 Å². The van der Waals surface area contributed by atoms with E-state index in [2.05, 4.69) is 4.74 Å². The molecule has 1 aliphatic rings. The lowest BCUT2D eigenvalue weighted by Gasteiger charge is -2.10. The van der Waals surface area contributed by atoms with Crippen molar-refractivity contribution in [3.05, 3.63) is 29.3 Å².